The number of carbonyl (C=O) groups excluding carboxylic acids is 1. The predicted octanol–water partition coefficient (Wildman–Crippen LogP) is 2.43. The molecule has 7 heteroatoms. The molecule has 3 aromatic heterocycles. The van der Waals surface area contributed by atoms with Gasteiger partial charge in [0.1, 0.15) is 5.56 Å². The molecule has 0 aromatic carbocycles. The lowest BCUT2D eigenvalue weighted by Gasteiger charge is -2.05. The SMILES string of the molecule is COCCc1nc2c(C(=O)OC)ccc(-c3cccs3)n2n1. The summed E-state index contributed by atoms with van der Waals surface area (Å²) in [4.78, 5) is 17.4. The number of rotatable bonds is 5. The summed E-state index contributed by atoms with van der Waals surface area (Å²) in [6.45, 7) is 0.527. The van der Waals surface area contributed by atoms with Crippen LogP contribution in [-0.4, -0.2) is 41.4 Å². The van der Waals surface area contributed by atoms with Crippen LogP contribution in [0, 0.1) is 0 Å². The summed E-state index contributed by atoms with van der Waals surface area (Å²) in [7, 11) is 2.99. The van der Waals surface area contributed by atoms with E-state index in [1.807, 2.05) is 23.6 Å². The van der Waals surface area contributed by atoms with Gasteiger partial charge in [-0.3, -0.25) is 0 Å². The van der Waals surface area contributed by atoms with Crippen molar-refractivity contribution in [2.24, 2.45) is 0 Å². The van der Waals surface area contributed by atoms with Crippen molar-refractivity contribution < 1.29 is 14.3 Å². The van der Waals surface area contributed by atoms with Crippen molar-refractivity contribution in [2.75, 3.05) is 20.8 Å². The van der Waals surface area contributed by atoms with Gasteiger partial charge in [0.2, 0.25) is 0 Å². The van der Waals surface area contributed by atoms with Crippen molar-refractivity contribution in [3.63, 3.8) is 0 Å². The molecule has 0 aliphatic rings. The smallest absolute Gasteiger partial charge is 0.341 e. The Morgan fingerprint density at radius 2 is 2.18 bits per heavy atom. The molecule has 3 aromatic rings. The normalized spacial score (nSPS) is 11.0. The highest BCUT2D eigenvalue weighted by molar-refractivity contribution is 7.13. The molecule has 0 spiro atoms. The second-order valence-corrected chi connectivity index (χ2v) is 5.56. The summed E-state index contributed by atoms with van der Waals surface area (Å²) in [5, 5.41) is 6.51. The number of fused-ring (bicyclic) bond motifs is 1. The molecule has 3 rings (SSSR count). The van der Waals surface area contributed by atoms with Crippen LogP contribution in [0.3, 0.4) is 0 Å². The second kappa shape index (κ2) is 6.25. The minimum Gasteiger partial charge on any atom is -0.465 e. The van der Waals surface area contributed by atoms with Gasteiger partial charge < -0.3 is 9.47 Å². The zero-order valence-electron chi connectivity index (χ0n) is 12.3. The van der Waals surface area contributed by atoms with Crippen LogP contribution >= 0.6 is 11.3 Å². The first-order chi connectivity index (χ1) is 10.7. The fourth-order valence-electron chi connectivity index (χ4n) is 2.18. The number of hydrogen-bond acceptors (Lipinski definition) is 6. The Morgan fingerprint density at radius 3 is 2.86 bits per heavy atom. The Hall–Kier alpha value is -2.25. The molecule has 0 saturated carbocycles. The van der Waals surface area contributed by atoms with E-state index in [0.717, 1.165) is 10.6 Å². The first-order valence-corrected chi connectivity index (χ1v) is 7.62. The Bertz CT molecular complexity index is 796. The Balaban J connectivity index is 2.18. The van der Waals surface area contributed by atoms with Gasteiger partial charge in [0.25, 0.3) is 0 Å². The van der Waals surface area contributed by atoms with E-state index >= 15 is 0 Å². The summed E-state index contributed by atoms with van der Waals surface area (Å²) in [6.07, 6.45) is 0.586. The number of hydrogen-bond donors (Lipinski definition) is 0. The van der Waals surface area contributed by atoms with Gasteiger partial charge in [0.15, 0.2) is 11.5 Å². The molecule has 6 nitrogen and oxygen atoms in total. The molecule has 0 radical (unpaired) electrons. The topological polar surface area (TPSA) is 65.7 Å². The third-order valence-corrected chi connectivity index (χ3v) is 4.13. The molecular weight excluding hydrogens is 302 g/mol. The zero-order chi connectivity index (χ0) is 15.5. The Labute approximate surface area is 131 Å². The van der Waals surface area contributed by atoms with Gasteiger partial charge in [0.05, 0.1) is 24.3 Å². The molecule has 22 heavy (non-hydrogen) atoms. The van der Waals surface area contributed by atoms with Crippen LogP contribution in [0.2, 0.25) is 0 Å². The molecule has 0 fully saturated rings. The second-order valence-electron chi connectivity index (χ2n) is 4.61. The Kier molecular flexibility index (Phi) is 4.17. The summed E-state index contributed by atoms with van der Waals surface area (Å²) in [6, 6.07) is 7.57. The van der Waals surface area contributed by atoms with Gasteiger partial charge >= 0.3 is 5.97 Å². The minimum absolute atomic E-state index is 0.402. The molecule has 114 valence electrons. The first-order valence-electron chi connectivity index (χ1n) is 6.74. The summed E-state index contributed by atoms with van der Waals surface area (Å²) < 4.78 is 11.6. The molecule has 0 amide bonds. The minimum atomic E-state index is -0.423. The van der Waals surface area contributed by atoms with E-state index in [9.17, 15) is 4.79 Å². The van der Waals surface area contributed by atoms with Gasteiger partial charge in [-0.25, -0.2) is 14.3 Å². The summed E-state index contributed by atoms with van der Waals surface area (Å²) in [5.74, 6) is 0.212. The van der Waals surface area contributed by atoms with Crippen molar-refractivity contribution >= 4 is 23.0 Å². The molecule has 0 aliphatic carbocycles. The van der Waals surface area contributed by atoms with E-state index in [4.69, 9.17) is 9.47 Å². The summed E-state index contributed by atoms with van der Waals surface area (Å²) >= 11 is 1.61. The van der Waals surface area contributed by atoms with E-state index in [1.54, 1.807) is 29.0 Å². The molecule has 0 aliphatic heterocycles. The molecule has 0 N–H and O–H groups in total. The largest absolute Gasteiger partial charge is 0.465 e. The van der Waals surface area contributed by atoms with Crippen LogP contribution in [0.15, 0.2) is 29.6 Å². The van der Waals surface area contributed by atoms with Crippen molar-refractivity contribution in [3.8, 4) is 10.6 Å². The van der Waals surface area contributed by atoms with Gasteiger partial charge in [-0.05, 0) is 23.6 Å². The third-order valence-electron chi connectivity index (χ3n) is 3.24. The fourth-order valence-corrected chi connectivity index (χ4v) is 2.92. The number of aromatic nitrogens is 3. The molecule has 0 saturated heterocycles. The van der Waals surface area contributed by atoms with E-state index in [2.05, 4.69) is 10.1 Å². The number of carbonyl (C=O) groups is 1. The molecule has 0 bridgehead atoms. The van der Waals surface area contributed by atoms with Crippen LogP contribution < -0.4 is 0 Å². The van der Waals surface area contributed by atoms with E-state index in [0.29, 0.717) is 30.1 Å². The standard InChI is InChI=1S/C15H15N3O3S/c1-20-8-7-13-16-14-10(15(19)21-2)5-6-11(18(14)17-13)12-4-3-9-22-12/h3-6,9H,7-8H2,1-2H3. The van der Waals surface area contributed by atoms with E-state index < -0.39 is 5.97 Å². The number of nitrogens with zero attached hydrogens (tertiary/aromatic N) is 3. The molecular formula is C15H15N3O3S. The number of esters is 1. The fraction of sp³-hybridized carbons (Fsp3) is 0.267. The van der Waals surface area contributed by atoms with Crippen molar-refractivity contribution in [1.29, 1.82) is 0 Å². The van der Waals surface area contributed by atoms with Gasteiger partial charge in [-0.15, -0.1) is 11.3 Å². The lowest BCUT2D eigenvalue weighted by Crippen LogP contribution is -2.05. The van der Waals surface area contributed by atoms with Gasteiger partial charge in [-0.2, -0.15) is 5.10 Å². The molecule has 0 unspecified atom stereocenters. The quantitative estimate of drug-likeness (QED) is 0.676. The van der Waals surface area contributed by atoms with E-state index in [-0.39, 0.29) is 0 Å². The number of pyridine rings is 1. The van der Waals surface area contributed by atoms with Gasteiger partial charge in [-0.1, -0.05) is 6.07 Å². The van der Waals surface area contributed by atoms with Crippen molar-refractivity contribution in [2.45, 2.75) is 6.42 Å². The molecule has 0 atom stereocenters. The van der Waals surface area contributed by atoms with Crippen LogP contribution in [-0.2, 0) is 15.9 Å². The van der Waals surface area contributed by atoms with Crippen LogP contribution in [0.4, 0.5) is 0 Å². The maximum absolute atomic E-state index is 11.9. The lowest BCUT2D eigenvalue weighted by molar-refractivity contribution is 0.0602. The average Bonchev–Trinajstić information content (AvgIpc) is 3.20. The monoisotopic (exact) mass is 317 g/mol. The highest BCUT2D eigenvalue weighted by Crippen LogP contribution is 2.26. The zero-order valence-corrected chi connectivity index (χ0v) is 13.1. The Morgan fingerprint density at radius 1 is 1.32 bits per heavy atom. The van der Waals surface area contributed by atoms with Crippen LogP contribution in [0.1, 0.15) is 16.2 Å². The van der Waals surface area contributed by atoms with Crippen LogP contribution in [0.25, 0.3) is 16.2 Å². The van der Waals surface area contributed by atoms with Crippen molar-refractivity contribution in [3.05, 3.63) is 41.0 Å². The number of thiophene rings is 1. The average molecular weight is 317 g/mol. The maximum Gasteiger partial charge on any atom is 0.341 e. The van der Waals surface area contributed by atoms with Crippen molar-refractivity contribution in [1.82, 2.24) is 14.6 Å². The number of ether oxygens (including phenoxy) is 2. The predicted molar refractivity (Wildman–Crippen MR) is 83.2 cm³/mol. The highest BCUT2D eigenvalue weighted by atomic mass is 32.1. The third kappa shape index (κ3) is 2.60. The van der Waals surface area contributed by atoms with Gasteiger partial charge in [0, 0.05) is 13.5 Å². The summed E-state index contributed by atoms with van der Waals surface area (Å²) in [5.41, 5.74) is 1.80. The molecule has 3 heterocycles. The van der Waals surface area contributed by atoms with E-state index in [1.165, 1.54) is 7.11 Å². The lowest BCUT2D eigenvalue weighted by atomic mass is 10.2. The van der Waals surface area contributed by atoms with Crippen LogP contribution in [0.5, 0.6) is 0 Å². The maximum atomic E-state index is 11.9. The number of methoxy groups -OCH3 is 2. The highest BCUT2D eigenvalue weighted by Gasteiger charge is 2.18. The first kappa shape index (κ1) is 14.7.